The van der Waals surface area contributed by atoms with E-state index in [1.165, 1.54) is 6.42 Å². The zero-order valence-electron chi connectivity index (χ0n) is 9.93. The van der Waals surface area contributed by atoms with Gasteiger partial charge in [-0.15, -0.1) is 0 Å². The highest BCUT2D eigenvalue weighted by atomic mass is 16.5. The summed E-state index contributed by atoms with van der Waals surface area (Å²) in [6.07, 6.45) is 7.39. The van der Waals surface area contributed by atoms with E-state index < -0.39 is 0 Å². The van der Waals surface area contributed by atoms with Crippen molar-refractivity contribution in [2.24, 2.45) is 0 Å². The third-order valence-corrected chi connectivity index (χ3v) is 3.23. The lowest BCUT2D eigenvalue weighted by Gasteiger charge is -2.21. The molecule has 0 bridgehead atoms. The van der Waals surface area contributed by atoms with Crippen LogP contribution in [0.1, 0.15) is 31.2 Å². The summed E-state index contributed by atoms with van der Waals surface area (Å²) in [4.78, 5) is 4.48. The first-order valence-electron chi connectivity index (χ1n) is 6.01. The van der Waals surface area contributed by atoms with Gasteiger partial charge in [-0.05, 0) is 31.4 Å². The summed E-state index contributed by atoms with van der Waals surface area (Å²) >= 11 is 0. The third kappa shape index (κ3) is 1.89. The Bertz CT molecular complexity index is 515. The first kappa shape index (κ1) is 10.6. The fourth-order valence-corrected chi connectivity index (χ4v) is 2.29. The molecule has 0 aromatic carbocycles. The maximum absolute atomic E-state index is 5.78. The van der Waals surface area contributed by atoms with Gasteiger partial charge in [-0.25, -0.2) is 4.98 Å². The minimum absolute atomic E-state index is 0.123. The zero-order valence-corrected chi connectivity index (χ0v) is 9.93. The SMILES string of the molecule is COc1ccc2cnc(C3CCCCO3)n2c1. The highest BCUT2D eigenvalue weighted by molar-refractivity contribution is 5.48. The molecule has 1 aliphatic rings. The van der Waals surface area contributed by atoms with Crippen LogP contribution in [0.3, 0.4) is 0 Å². The van der Waals surface area contributed by atoms with E-state index in [4.69, 9.17) is 9.47 Å². The summed E-state index contributed by atoms with van der Waals surface area (Å²) < 4.78 is 13.1. The van der Waals surface area contributed by atoms with Gasteiger partial charge < -0.3 is 9.47 Å². The van der Waals surface area contributed by atoms with E-state index in [2.05, 4.69) is 9.38 Å². The van der Waals surface area contributed by atoms with Crippen molar-refractivity contribution in [3.63, 3.8) is 0 Å². The number of hydrogen-bond donors (Lipinski definition) is 0. The van der Waals surface area contributed by atoms with Gasteiger partial charge in [-0.1, -0.05) is 0 Å². The van der Waals surface area contributed by atoms with E-state index in [1.54, 1.807) is 7.11 Å². The van der Waals surface area contributed by atoms with Crippen LogP contribution in [0.15, 0.2) is 24.5 Å². The Morgan fingerprint density at radius 1 is 1.41 bits per heavy atom. The van der Waals surface area contributed by atoms with E-state index in [0.717, 1.165) is 36.5 Å². The number of aromatic nitrogens is 2. The second-order valence-electron chi connectivity index (χ2n) is 4.34. The van der Waals surface area contributed by atoms with E-state index in [1.807, 2.05) is 24.5 Å². The van der Waals surface area contributed by atoms with Gasteiger partial charge in [0, 0.05) is 6.61 Å². The lowest BCUT2D eigenvalue weighted by Crippen LogP contribution is -2.14. The maximum Gasteiger partial charge on any atom is 0.142 e. The molecule has 0 N–H and O–H groups in total. The van der Waals surface area contributed by atoms with Crippen molar-refractivity contribution in [2.45, 2.75) is 25.4 Å². The lowest BCUT2D eigenvalue weighted by atomic mass is 10.1. The van der Waals surface area contributed by atoms with Gasteiger partial charge in [0.15, 0.2) is 0 Å². The lowest BCUT2D eigenvalue weighted by molar-refractivity contribution is 0.00913. The van der Waals surface area contributed by atoms with Crippen LogP contribution in [0, 0.1) is 0 Å². The van der Waals surface area contributed by atoms with Crippen molar-refractivity contribution in [1.82, 2.24) is 9.38 Å². The highest BCUT2D eigenvalue weighted by Crippen LogP contribution is 2.28. The average molecular weight is 232 g/mol. The Hall–Kier alpha value is -1.55. The van der Waals surface area contributed by atoms with Crippen LogP contribution in [0.25, 0.3) is 5.52 Å². The van der Waals surface area contributed by atoms with Gasteiger partial charge in [-0.2, -0.15) is 0 Å². The third-order valence-electron chi connectivity index (χ3n) is 3.23. The Labute approximate surface area is 100 Å². The summed E-state index contributed by atoms with van der Waals surface area (Å²) in [5.74, 6) is 1.83. The first-order chi connectivity index (χ1) is 8.38. The normalized spacial score (nSPS) is 20.6. The largest absolute Gasteiger partial charge is 0.495 e. The molecule has 1 atom stereocenters. The number of fused-ring (bicyclic) bond motifs is 1. The fourth-order valence-electron chi connectivity index (χ4n) is 2.29. The van der Waals surface area contributed by atoms with Crippen LogP contribution in [-0.2, 0) is 4.74 Å². The molecular formula is C13H16N2O2. The summed E-state index contributed by atoms with van der Waals surface area (Å²) in [5, 5.41) is 0. The van der Waals surface area contributed by atoms with E-state index in [-0.39, 0.29) is 6.10 Å². The molecule has 0 aliphatic carbocycles. The van der Waals surface area contributed by atoms with Crippen LogP contribution < -0.4 is 4.74 Å². The summed E-state index contributed by atoms with van der Waals surface area (Å²) in [7, 11) is 1.68. The van der Waals surface area contributed by atoms with Crippen molar-refractivity contribution in [1.29, 1.82) is 0 Å². The number of pyridine rings is 1. The molecule has 3 heterocycles. The van der Waals surface area contributed by atoms with Gasteiger partial charge >= 0.3 is 0 Å². The van der Waals surface area contributed by atoms with Crippen LogP contribution in [0.4, 0.5) is 0 Å². The first-order valence-corrected chi connectivity index (χ1v) is 6.01. The topological polar surface area (TPSA) is 35.8 Å². The molecular weight excluding hydrogens is 216 g/mol. The number of rotatable bonds is 2. The highest BCUT2D eigenvalue weighted by Gasteiger charge is 2.20. The van der Waals surface area contributed by atoms with Gasteiger partial charge in [0.2, 0.25) is 0 Å². The molecule has 4 nitrogen and oxygen atoms in total. The van der Waals surface area contributed by atoms with Gasteiger partial charge in [-0.3, -0.25) is 4.40 Å². The second-order valence-corrected chi connectivity index (χ2v) is 4.34. The molecule has 4 heteroatoms. The smallest absolute Gasteiger partial charge is 0.142 e. The quantitative estimate of drug-likeness (QED) is 0.798. The Morgan fingerprint density at radius 3 is 3.12 bits per heavy atom. The van der Waals surface area contributed by atoms with Crippen molar-refractivity contribution in [2.75, 3.05) is 13.7 Å². The van der Waals surface area contributed by atoms with Crippen LogP contribution in [0.2, 0.25) is 0 Å². The molecule has 2 aromatic rings. The summed E-state index contributed by atoms with van der Waals surface area (Å²) in [6, 6.07) is 3.96. The molecule has 3 rings (SSSR count). The average Bonchev–Trinajstić information content (AvgIpc) is 2.82. The Morgan fingerprint density at radius 2 is 2.35 bits per heavy atom. The van der Waals surface area contributed by atoms with Crippen molar-refractivity contribution >= 4 is 5.52 Å². The fraction of sp³-hybridized carbons (Fsp3) is 0.462. The molecule has 1 unspecified atom stereocenters. The molecule has 1 fully saturated rings. The van der Waals surface area contributed by atoms with Crippen LogP contribution >= 0.6 is 0 Å². The molecule has 17 heavy (non-hydrogen) atoms. The number of hydrogen-bond acceptors (Lipinski definition) is 3. The predicted octanol–water partition coefficient (Wildman–Crippen LogP) is 2.58. The monoisotopic (exact) mass is 232 g/mol. The minimum atomic E-state index is 0.123. The Balaban J connectivity index is 2.02. The maximum atomic E-state index is 5.78. The van der Waals surface area contributed by atoms with Crippen LogP contribution in [0.5, 0.6) is 5.75 Å². The molecule has 1 saturated heterocycles. The second kappa shape index (κ2) is 4.37. The van der Waals surface area contributed by atoms with Gasteiger partial charge in [0.1, 0.15) is 17.7 Å². The van der Waals surface area contributed by atoms with Gasteiger partial charge in [0.25, 0.3) is 0 Å². The predicted molar refractivity (Wildman–Crippen MR) is 64.3 cm³/mol. The molecule has 1 aliphatic heterocycles. The molecule has 90 valence electrons. The van der Waals surface area contributed by atoms with Crippen molar-refractivity contribution in [3.05, 3.63) is 30.4 Å². The standard InChI is InChI=1S/C13H16N2O2/c1-16-11-6-5-10-8-14-13(15(10)9-11)12-4-2-3-7-17-12/h5-6,8-9,12H,2-4,7H2,1H3. The number of ether oxygens (including phenoxy) is 2. The molecule has 0 amide bonds. The zero-order chi connectivity index (χ0) is 11.7. The van der Waals surface area contributed by atoms with E-state index in [9.17, 15) is 0 Å². The summed E-state index contributed by atoms with van der Waals surface area (Å²) in [6.45, 7) is 0.837. The summed E-state index contributed by atoms with van der Waals surface area (Å²) in [5.41, 5.74) is 1.08. The molecule has 0 radical (unpaired) electrons. The van der Waals surface area contributed by atoms with Crippen LogP contribution in [-0.4, -0.2) is 23.1 Å². The molecule has 0 spiro atoms. The Kier molecular flexibility index (Phi) is 2.73. The minimum Gasteiger partial charge on any atom is -0.495 e. The van der Waals surface area contributed by atoms with Gasteiger partial charge in [0.05, 0.1) is 25.0 Å². The van der Waals surface area contributed by atoms with Crippen molar-refractivity contribution < 1.29 is 9.47 Å². The molecule has 0 saturated carbocycles. The number of imidazole rings is 1. The van der Waals surface area contributed by atoms with Crippen molar-refractivity contribution in [3.8, 4) is 5.75 Å². The van der Waals surface area contributed by atoms with E-state index in [0.29, 0.717) is 0 Å². The van der Waals surface area contributed by atoms with E-state index >= 15 is 0 Å². The molecule has 2 aromatic heterocycles. The number of nitrogens with zero attached hydrogens (tertiary/aromatic N) is 2. The number of methoxy groups -OCH3 is 1.